The molecule has 0 saturated carbocycles. The highest BCUT2D eigenvalue weighted by Crippen LogP contribution is 2.47. The van der Waals surface area contributed by atoms with Crippen molar-refractivity contribution in [2.24, 2.45) is 0 Å². The zero-order valence-corrected chi connectivity index (χ0v) is 26.9. The molecule has 0 aliphatic carbocycles. The molecule has 4 aromatic carbocycles. The fourth-order valence-electron chi connectivity index (χ4n) is 5.08. The summed E-state index contributed by atoms with van der Waals surface area (Å²) in [6, 6.07) is 16.9. The van der Waals surface area contributed by atoms with Crippen LogP contribution < -0.4 is 13.7 Å². The Labute approximate surface area is 246 Å². The lowest BCUT2D eigenvalue weighted by atomic mass is 9.75. The molecule has 0 amide bonds. The Kier molecular flexibility index (Phi) is 8.16. The van der Waals surface area contributed by atoms with Crippen molar-refractivity contribution in [2.75, 3.05) is 13.2 Å². The van der Waals surface area contributed by atoms with Gasteiger partial charge in [0, 0.05) is 30.7 Å². The molecule has 0 spiro atoms. The van der Waals surface area contributed by atoms with Crippen LogP contribution in [0.25, 0.3) is 21.5 Å². The van der Waals surface area contributed by atoms with Crippen LogP contribution in [0, 0.1) is 3.57 Å². The average Bonchev–Trinajstić information content (AvgIpc) is 2.84. The molecule has 0 N–H and O–H groups in total. The second kappa shape index (κ2) is 10.8. The number of rotatable bonds is 7. The van der Waals surface area contributed by atoms with Crippen LogP contribution in [0.3, 0.4) is 0 Å². The van der Waals surface area contributed by atoms with Crippen LogP contribution in [0.4, 0.5) is 0 Å². The summed E-state index contributed by atoms with van der Waals surface area (Å²) >= 11 is 2.10. The highest BCUT2D eigenvalue weighted by molar-refractivity contribution is 14.1. The fourth-order valence-corrected chi connectivity index (χ4v) is 7.62. The van der Waals surface area contributed by atoms with Crippen molar-refractivity contribution in [3.63, 3.8) is 0 Å². The highest BCUT2D eigenvalue weighted by Gasteiger charge is 2.32. The quantitative estimate of drug-likeness (QED) is 0.113. The van der Waals surface area contributed by atoms with E-state index in [1.165, 1.54) is 0 Å². The highest BCUT2D eigenvalue weighted by atomic mass is 127. The third-order valence-electron chi connectivity index (χ3n) is 6.62. The number of fused-ring (bicyclic) bond motifs is 2. The van der Waals surface area contributed by atoms with Crippen LogP contribution in [0.2, 0.25) is 0 Å². The molecule has 0 aromatic heterocycles. The predicted octanol–water partition coefficient (Wildman–Crippen LogP) is 8.76. The molecule has 0 aliphatic heterocycles. The van der Waals surface area contributed by atoms with E-state index in [0.717, 1.165) is 27.3 Å². The van der Waals surface area contributed by atoms with Crippen LogP contribution in [-0.4, -0.2) is 21.6 Å². The summed E-state index contributed by atoms with van der Waals surface area (Å²) in [5.41, 5.74) is 1.42. The van der Waals surface area contributed by atoms with Gasteiger partial charge in [0.2, 0.25) is 0 Å². The molecule has 5 nitrogen and oxygen atoms in total. The zero-order valence-electron chi connectivity index (χ0n) is 23.9. The standard InChI is InChI=1S/C32H37IO5S/c1-9-36-29-20-14-11-12-15-21(20)30(37-10-2)26-22(29)18-19-25(28(26)33)39(34,35)38-24-17-13-16-23(31(3,4)5)27(24)32(6,7)8/h11-19H,9-10H2,1-8H3. The normalized spacial score (nSPS) is 12.6. The molecule has 0 fully saturated rings. The topological polar surface area (TPSA) is 61.8 Å². The first kappa shape index (κ1) is 29.5. The van der Waals surface area contributed by atoms with Crippen LogP contribution in [0.1, 0.15) is 66.5 Å². The van der Waals surface area contributed by atoms with Crippen molar-refractivity contribution in [3.05, 3.63) is 69.3 Å². The fraction of sp³-hybridized carbons (Fsp3) is 0.375. The van der Waals surface area contributed by atoms with E-state index in [9.17, 15) is 8.42 Å². The van der Waals surface area contributed by atoms with Gasteiger partial charge < -0.3 is 13.7 Å². The summed E-state index contributed by atoms with van der Waals surface area (Å²) < 4.78 is 46.7. The molecule has 208 valence electrons. The Balaban J connectivity index is 1.99. The molecule has 0 atom stereocenters. The zero-order chi connectivity index (χ0) is 28.8. The smallest absolute Gasteiger partial charge is 0.340 e. The van der Waals surface area contributed by atoms with Crippen LogP contribution in [-0.2, 0) is 20.9 Å². The molecule has 4 rings (SSSR count). The minimum atomic E-state index is -4.19. The van der Waals surface area contributed by atoms with Crippen molar-refractivity contribution in [2.45, 2.75) is 71.1 Å². The number of hydrogen-bond acceptors (Lipinski definition) is 5. The van der Waals surface area contributed by atoms with Gasteiger partial charge in [-0.25, -0.2) is 0 Å². The van der Waals surface area contributed by atoms with Gasteiger partial charge in [-0.1, -0.05) is 77.9 Å². The molecule has 0 radical (unpaired) electrons. The molecular weight excluding hydrogens is 623 g/mol. The van der Waals surface area contributed by atoms with Gasteiger partial charge in [0.05, 0.1) is 13.2 Å². The first-order valence-corrected chi connectivity index (χ1v) is 15.7. The van der Waals surface area contributed by atoms with Crippen molar-refractivity contribution in [1.82, 2.24) is 0 Å². The Morgan fingerprint density at radius 2 is 1.31 bits per heavy atom. The van der Waals surface area contributed by atoms with Crippen molar-refractivity contribution in [1.29, 1.82) is 0 Å². The Bertz CT molecular complexity index is 1640. The van der Waals surface area contributed by atoms with E-state index in [1.54, 1.807) is 18.2 Å². The summed E-state index contributed by atoms with van der Waals surface area (Å²) in [7, 11) is -4.19. The maximum Gasteiger partial charge on any atom is 0.340 e. The monoisotopic (exact) mass is 660 g/mol. The van der Waals surface area contributed by atoms with Crippen LogP contribution >= 0.6 is 22.6 Å². The van der Waals surface area contributed by atoms with E-state index in [0.29, 0.717) is 39.4 Å². The predicted molar refractivity (Wildman–Crippen MR) is 168 cm³/mol. The van der Waals surface area contributed by atoms with E-state index in [1.807, 2.05) is 44.2 Å². The van der Waals surface area contributed by atoms with Gasteiger partial charge in [-0.2, -0.15) is 8.42 Å². The van der Waals surface area contributed by atoms with Crippen molar-refractivity contribution < 1.29 is 22.1 Å². The van der Waals surface area contributed by atoms with Gasteiger partial charge in [0.25, 0.3) is 0 Å². The van der Waals surface area contributed by atoms with Crippen molar-refractivity contribution >= 4 is 54.3 Å². The molecule has 4 aromatic rings. The van der Waals surface area contributed by atoms with Gasteiger partial charge in [0.15, 0.2) is 0 Å². The molecule has 0 heterocycles. The molecule has 0 saturated heterocycles. The van der Waals surface area contributed by atoms with E-state index in [4.69, 9.17) is 13.7 Å². The Hall–Kier alpha value is -2.52. The summed E-state index contributed by atoms with van der Waals surface area (Å²) in [5, 5.41) is 3.29. The first-order chi connectivity index (χ1) is 18.2. The number of hydrogen-bond donors (Lipinski definition) is 0. The van der Waals surface area contributed by atoms with Crippen LogP contribution in [0.5, 0.6) is 17.2 Å². The molecule has 0 unspecified atom stereocenters. The summed E-state index contributed by atoms with van der Waals surface area (Å²) in [5.74, 6) is 1.70. The minimum Gasteiger partial charge on any atom is -0.493 e. The molecule has 0 aliphatic rings. The molecule has 0 bridgehead atoms. The molecule has 7 heteroatoms. The van der Waals surface area contributed by atoms with E-state index in [2.05, 4.69) is 70.2 Å². The van der Waals surface area contributed by atoms with Gasteiger partial charge in [-0.3, -0.25) is 0 Å². The third kappa shape index (κ3) is 5.57. The third-order valence-corrected chi connectivity index (χ3v) is 9.39. The lowest BCUT2D eigenvalue weighted by molar-refractivity contribution is 0.342. The van der Waals surface area contributed by atoms with Gasteiger partial charge in [-0.15, -0.1) is 0 Å². The van der Waals surface area contributed by atoms with Gasteiger partial charge in [-0.05, 0) is 71.0 Å². The van der Waals surface area contributed by atoms with E-state index < -0.39 is 10.1 Å². The first-order valence-electron chi connectivity index (χ1n) is 13.2. The molecular formula is C32H37IO5S. The number of halogens is 1. The number of benzene rings is 4. The second-order valence-electron chi connectivity index (χ2n) is 11.6. The van der Waals surface area contributed by atoms with E-state index in [-0.39, 0.29) is 15.7 Å². The Morgan fingerprint density at radius 1 is 0.718 bits per heavy atom. The summed E-state index contributed by atoms with van der Waals surface area (Å²) in [6.07, 6.45) is 0. The maximum atomic E-state index is 14.0. The van der Waals surface area contributed by atoms with Crippen molar-refractivity contribution in [3.8, 4) is 17.2 Å². The number of ether oxygens (including phenoxy) is 2. The Morgan fingerprint density at radius 3 is 1.87 bits per heavy atom. The maximum absolute atomic E-state index is 14.0. The minimum absolute atomic E-state index is 0.0929. The molecule has 39 heavy (non-hydrogen) atoms. The largest absolute Gasteiger partial charge is 0.493 e. The summed E-state index contributed by atoms with van der Waals surface area (Å²) in [4.78, 5) is 0.0929. The van der Waals surface area contributed by atoms with E-state index >= 15 is 0 Å². The van der Waals surface area contributed by atoms with Gasteiger partial charge in [0.1, 0.15) is 22.1 Å². The van der Waals surface area contributed by atoms with Gasteiger partial charge >= 0.3 is 10.1 Å². The lowest BCUT2D eigenvalue weighted by Gasteiger charge is -2.31. The van der Waals surface area contributed by atoms with Crippen LogP contribution in [0.15, 0.2) is 59.5 Å². The summed E-state index contributed by atoms with van der Waals surface area (Å²) in [6.45, 7) is 17.4. The average molecular weight is 661 g/mol. The second-order valence-corrected chi connectivity index (χ2v) is 14.2. The SMILES string of the molecule is CCOc1c2ccccc2c(OCC)c2c(I)c(S(=O)(=O)Oc3cccc(C(C)(C)C)c3C(C)(C)C)ccc12. The lowest BCUT2D eigenvalue weighted by Crippen LogP contribution is -2.24.